The molecule has 0 radical (unpaired) electrons. The van der Waals surface area contributed by atoms with Gasteiger partial charge in [-0.3, -0.25) is 0 Å². The number of aliphatic hydroxyl groups is 1. The van der Waals surface area contributed by atoms with Gasteiger partial charge in [-0.15, -0.1) is 0 Å². The molecule has 2 heteroatoms. The Labute approximate surface area is 101 Å². The summed E-state index contributed by atoms with van der Waals surface area (Å²) in [5.74, 6) is 0.796. The molecule has 0 aliphatic carbocycles. The monoisotopic (exact) mass is 228 g/mol. The molecule has 0 fully saturated rings. The molecule has 0 amide bonds. The first-order chi connectivity index (χ1) is 8.20. The first-order valence-electron chi connectivity index (χ1n) is 5.59. The van der Waals surface area contributed by atoms with Crippen molar-refractivity contribution in [3.05, 3.63) is 65.2 Å². The van der Waals surface area contributed by atoms with Crippen LogP contribution in [0.3, 0.4) is 0 Å². The lowest BCUT2D eigenvalue weighted by Crippen LogP contribution is -1.99. The molecule has 2 aromatic rings. The molecule has 0 aliphatic rings. The van der Waals surface area contributed by atoms with Crippen LogP contribution < -0.4 is 4.74 Å². The average molecular weight is 228 g/mol. The summed E-state index contributed by atoms with van der Waals surface area (Å²) >= 11 is 0. The fraction of sp³-hybridized carbons (Fsp3) is 0.200. The minimum atomic E-state index is -0.583. The maximum Gasteiger partial charge on any atom is 0.118 e. The Bertz CT molecular complexity index is 489. The fourth-order valence-corrected chi connectivity index (χ4v) is 1.82. The predicted octanol–water partition coefficient (Wildman–Crippen LogP) is 3.09. The Morgan fingerprint density at radius 2 is 1.71 bits per heavy atom. The number of aliphatic hydroxyl groups excluding tert-OH is 1. The van der Waals surface area contributed by atoms with E-state index in [1.807, 2.05) is 55.5 Å². The van der Waals surface area contributed by atoms with Gasteiger partial charge in [0.2, 0.25) is 0 Å². The van der Waals surface area contributed by atoms with Gasteiger partial charge in [-0.25, -0.2) is 0 Å². The van der Waals surface area contributed by atoms with Crippen LogP contribution in [-0.2, 0) is 0 Å². The van der Waals surface area contributed by atoms with Crippen molar-refractivity contribution in [2.45, 2.75) is 13.0 Å². The molecule has 88 valence electrons. The molecule has 2 nitrogen and oxygen atoms in total. The van der Waals surface area contributed by atoms with Gasteiger partial charge in [-0.1, -0.05) is 42.0 Å². The number of ether oxygens (including phenoxy) is 1. The van der Waals surface area contributed by atoms with Crippen molar-refractivity contribution >= 4 is 0 Å². The van der Waals surface area contributed by atoms with E-state index in [0.29, 0.717) is 0 Å². The zero-order valence-electron chi connectivity index (χ0n) is 10.1. The van der Waals surface area contributed by atoms with Crippen LogP contribution in [0.2, 0.25) is 0 Å². The third-order valence-corrected chi connectivity index (χ3v) is 2.79. The second-order valence-electron chi connectivity index (χ2n) is 4.09. The zero-order chi connectivity index (χ0) is 12.3. The van der Waals surface area contributed by atoms with Gasteiger partial charge in [0.25, 0.3) is 0 Å². The predicted molar refractivity (Wildman–Crippen MR) is 68.2 cm³/mol. The molecule has 0 aliphatic heterocycles. The van der Waals surface area contributed by atoms with Crippen molar-refractivity contribution in [3.63, 3.8) is 0 Å². The molecular weight excluding hydrogens is 212 g/mol. The third-order valence-electron chi connectivity index (χ3n) is 2.79. The number of rotatable bonds is 3. The molecule has 2 aromatic carbocycles. The molecular formula is C15H16O2. The number of aryl methyl sites for hydroxylation is 1. The third kappa shape index (κ3) is 2.66. The number of hydrogen-bond donors (Lipinski definition) is 1. The molecule has 1 atom stereocenters. The van der Waals surface area contributed by atoms with Gasteiger partial charge in [-0.2, -0.15) is 0 Å². The summed E-state index contributed by atoms with van der Waals surface area (Å²) in [5, 5.41) is 10.2. The lowest BCUT2D eigenvalue weighted by Gasteiger charge is -2.12. The standard InChI is InChI=1S/C15H16O2/c1-11-4-3-5-13(10-11)15(16)12-6-8-14(17-2)9-7-12/h3-10,15-16H,1-2H3. The highest BCUT2D eigenvalue weighted by molar-refractivity contribution is 5.35. The summed E-state index contributed by atoms with van der Waals surface area (Å²) in [5.41, 5.74) is 2.93. The molecule has 0 spiro atoms. The van der Waals surface area contributed by atoms with Gasteiger partial charge < -0.3 is 9.84 Å². The topological polar surface area (TPSA) is 29.5 Å². The molecule has 1 unspecified atom stereocenters. The van der Waals surface area contributed by atoms with Crippen LogP contribution in [0.5, 0.6) is 5.75 Å². The minimum Gasteiger partial charge on any atom is -0.497 e. The lowest BCUT2D eigenvalue weighted by atomic mass is 10.00. The molecule has 17 heavy (non-hydrogen) atoms. The van der Waals surface area contributed by atoms with E-state index in [4.69, 9.17) is 4.74 Å². The second-order valence-corrected chi connectivity index (χ2v) is 4.09. The van der Waals surface area contributed by atoms with Crippen LogP contribution in [0.1, 0.15) is 22.8 Å². The van der Waals surface area contributed by atoms with Crippen LogP contribution >= 0.6 is 0 Å². The zero-order valence-corrected chi connectivity index (χ0v) is 10.1. The highest BCUT2D eigenvalue weighted by Crippen LogP contribution is 2.24. The van der Waals surface area contributed by atoms with Crippen LogP contribution in [0.15, 0.2) is 48.5 Å². The molecule has 2 rings (SSSR count). The largest absolute Gasteiger partial charge is 0.497 e. The lowest BCUT2D eigenvalue weighted by molar-refractivity contribution is 0.220. The number of methoxy groups -OCH3 is 1. The van der Waals surface area contributed by atoms with Gasteiger partial charge in [0.15, 0.2) is 0 Å². The van der Waals surface area contributed by atoms with Gasteiger partial charge >= 0.3 is 0 Å². The van der Waals surface area contributed by atoms with Gasteiger partial charge in [0.05, 0.1) is 7.11 Å². The van der Waals surface area contributed by atoms with E-state index in [2.05, 4.69) is 0 Å². The summed E-state index contributed by atoms with van der Waals surface area (Å²) in [6.45, 7) is 2.02. The Morgan fingerprint density at radius 1 is 1.00 bits per heavy atom. The maximum atomic E-state index is 10.2. The smallest absolute Gasteiger partial charge is 0.118 e. The molecule has 0 bridgehead atoms. The van der Waals surface area contributed by atoms with Crippen molar-refractivity contribution in [1.29, 1.82) is 0 Å². The normalized spacial score (nSPS) is 12.2. The molecule has 0 heterocycles. The van der Waals surface area contributed by atoms with Crippen molar-refractivity contribution in [3.8, 4) is 5.75 Å². The van der Waals surface area contributed by atoms with E-state index in [1.165, 1.54) is 0 Å². The van der Waals surface area contributed by atoms with Crippen molar-refractivity contribution in [2.75, 3.05) is 7.11 Å². The van der Waals surface area contributed by atoms with Crippen LogP contribution in [-0.4, -0.2) is 12.2 Å². The van der Waals surface area contributed by atoms with E-state index in [1.54, 1.807) is 7.11 Å². The van der Waals surface area contributed by atoms with E-state index >= 15 is 0 Å². The van der Waals surface area contributed by atoms with Crippen molar-refractivity contribution < 1.29 is 9.84 Å². The summed E-state index contributed by atoms with van der Waals surface area (Å²) in [4.78, 5) is 0. The highest BCUT2D eigenvalue weighted by Gasteiger charge is 2.10. The summed E-state index contributed by atoms with van der Waals surface area (Å²) < 4.78 is 5.09. The first kappa shape index (κ1) is 11.7. The van der Waals surface area contributed by atoms with E-state index < -0.39 is 6.10 Å². The quantitative estimate of drug-likeness (QED) is 0.874. The minimum absolute atomic E-state index is 0.583. The van der Waals surface area contributed by atoms with E-state index in [9.17, 15) is 5.11 Å². The first-order valence-corrected chi connectivity index (χ1v) is 5.59. The summed E-state index contributed by atoms with van der Waals surface area (Å²) in [7, 11) is 1.63. The second kappa shape index (κ2) is 5.02. The van der Waals surface area contributed by atoms with E-state index in [-0.39, 0.29) is 0 Å². The molecule has 0 aromatic heterocycles. The summed E-state index contributed by atoms with van der Waals surface area (Å²) in [6, 6.07) is 15.4. The Morgan fingerprint density at radius 3 is 2.29 bits per heavy atom. The SMILES string of the molecule is COc1ccc(C(O)c2cccc(C)c2)cc1. The van der Waals surface area contributed by atoms with Crippen LogP contribution in [0, 0.1) is 6.92 Å². The fourth-order valence-electron chi connectivity index (χ4n) is 1.82. The van der Waals surface area contributed by atoms with Crippen LogP contribution in [0.25, 0.3) is 0 Å². The van der Waals surface area contributed by atoms with Gasteiger partial charge in [0.1, 0.15) is 11.9 Å². The number of hydrogen-bond acceptors (Lipinski definition) is 2. The molecule has 1 N–H and O–H groups in total. The number of benzene rings is 2. The van der Waals surface area contributed by atoms with Gasteiger partial charge in [0, 0.05) is 0 Å². The maximum absolute atomic E-state index is 10.2. The molecule has 0 saturated carbocycles. The summed E-state index contributed by atoms with van der Waals surface area (Å²) in [6.07, 6.45) is -0.583. The van der Waals surface area contributed by atoms with Crippen LogP contribution in [0.4, 0.5) is 0 Å². The Kier molecular flexibility index (Phi) is 3.45. The average Bonchev–Trinajstić information content (AvgIpc) is 2.38. The highest BCUT2D eigenvalue weighted by atomic mass is 16.5. The van der Waals surface area contributed by atoms with Gasteiger partial charge in [-0.05, 0) is 30.2 Å². The van der Waals surface area contributed by atoms with E-state index in [0.717, 1.165) is 22.4 Å². The Balaban J connectivity index is 2.27. The van der Waals surface area contributed by atoms with Crippen molar-refractivity contribution in [1.82, 2.24) is 0 Å². The van der Waals surface area contributed by atoms with Crippen molar-refractivity contribution in [2.24, 2.45) is 0 Å². The molecule has 0 saturated heterocycles. The Hall–Kier alpha value is -1.80.